The Morgan fingerprint density at radius 3 is 3.17 bits per heavy atom. The SMILES string of the molecule is O=C1CCc2ncccc2N1Cl. The van der Waals surface area contributed by atoms with Crippen LogP contribution in [0.3, 0.4) is 0 Å². The highest BCUT2D eigenvalue weighted by atomic mass is 35.5. The van der Waals surface area contributed by atoms with Crippen molar-refractivity contribution in [2.45, 2.75) is 12.8 Å². The Kier molecular flexibility index (Phi) is 1.73. The molecule has 62 valence electrons. The number of fused-ring (bicyclic) bond motifs is 1. The number of aromatic nitrogens is 1. The average molecular weight is 183 g/mol. The van der Waals surface area contributed by atoms with E-state index in [-0.39, 0.29) is 5.91 Å². The zero-order valence-corrected chi connectivity index (χ0v) is 7.08. The number of carbonyl (C=O) groups excluding carboxylic acids is 1. The molecule has 0 radical (unpaired) electrons. The molecule has 1 aromatic heterocycles. The number of nitrogens with zero attached hydrogens (tertiary/aromatic N) is 2. The Morgan fingerprint density at radius 2 is 2.33 bits per heavy atom. The van der Waals surface area contributed by atoms with Gasteiger partial charge in [-0.05, 0) is 12.1 Å². The van der Waals surface area contributed by atoms with Crippen LogP contribution in [-0.4, -0.2) is 10.9 Å². The lowest BCUT2D eigenvalue weighted by atomic mass is 10.1. The van der Waals surface area contributed by atoms with Gasteiger partial charge >= 0.3 is 0 Å². The standard InChI is InChI=1S/C8H7ClN2O/c9-11-7-2-1-5-10-6(7)3-4-8(11)12/h1-2,5H,3-4H2. The molecular formula is C8H7ClN2O. The van der Waals surface area contributed by atoms with Gasteiger partial charge < -0.3 is 0 Å². The minimum absolute atomic E-state index is 0.0582. The summed E-state index contributed by atoms with van der Waals surface area (Å²) in [6, 6.07) is 3.57. The number of hydrogen-bond donors (Lipinski definition) is 0. The third-order valence-corrected chi connectivity index (χ3v) is 2.24. The van der Waals surface area contributed by atoms with E-state index in [4.69, 9.17) is 11.8 Å². The predicted molar refractivity (Wildman–Crippen MR) is 45.9 cm³/mol. The Morgan fingerprint density at radius 1 is 1.50 bits per heavy atom. The Labute approximate surface area is 75.1 Å². The van der Waals surface area contributed by atoms with Crippen molar-refractivity contribution in [1.82, 2.24) is 4.98 Å². The van der Waals surface area contributed by atoms with E-state index in [1.54, 1.807) is 18.3 Å². The van der Waals surface area contributed by atoms with E-state index in [1.807, 2.05) is 0 Å². The minimum Gasteiger partial charge on any atom is -0.273 e. The van der Waals surface area contributed by atoms with Gasteiger partial charge in [0.15, 0.2) is 0 Å². The third-order valence-electron chi connectivity index (χ3n) is 1.87. The Hall–Kier alpha value is -1.09. The van der Waals surface area contributed by atoms with E-state index in [0.29, 0.717) is 12.8 Å². The zero-order chi connectivity index (χ0) is 8.55. The van der Waals surface area contributed by atoms with E-state index < -0.39 is 0 Å². The van der Waals surface area contributed by atoms with Gasteiger partial charge in [-0.2, -0.15) is 0 Å². The predicted octanol–water partition coefficient (Wildman–Crippen LogP) is 1.51. The van der Waals surface area contributed by atoms with Crippen LogP contribution in [0.1, 0.15) is 12.1 Å². The molecule has 0 saturated carbocycles. The molecule has 1 aliphatic heterocycles. The van der Waals surface area contributed by atoms with Gasteiger partial charge in [0.2, 0.25) is 5.91 Å². The highest BCUT2D eigenvalue weighted by Gasteiger charge is 2.22. The molecule has 0 unspecified atom stereocenters. The van der Waals surface area contributed by atoms with Crippen molar-refractivity contribution < 1.29 is 4.79 Å². The lowest BCUT2D eigenvalue weighted by molar-refractivity contribution is -0.117. The Balaban J connectivity index is 2.48. The van der Waals surface area contributed by atoms with Gasteiger partial charge in [-0.15, -0.1) is 0 Å². The molecule has 0 atom stereocenters. The fourth-order valence-corrected chi connectivity index (χ4v) is 1.50. The molecule has 0 aromatic carbocycles. The van der Waals surface area contributed by atoms with Crippen molar-refractivity contribution in [3.05, 3.63) is 24.0 Å². The van der Waals surface area contributed by atoms with Crippen LogP contribution in [0.4, 0.5) is 5.69 Å². The molecule has 0 N–H and O–H groups in total. The molecule has 0 aliphatic carbocycles. The number of halogens is 1. The quantitative estimate of drug-likeness (QED) is 0.570. The van der Waals surface area contributed by atoms with Gasteiger partial charge in [-0.25, -0.2) is 4.42 Å². The van der Waals surface area contributed by atoms with Gasteiger partial charge in [-0.1, -0.05) is 0 Å². The van der Waals surface area contributed by atoms with Gasteiger partial charge in [0, 0.05) is 30.8 Å². The summed E-state index contributed by atoms with van der Waals surface area (Å²) in [5, 5.41) is 0. The summed E-state index contributed by atoms with van der Waals surface area (Å²) in [6.07, 6.45) is 2.85. The number of rotatable bonds is 0. The van der Waals surface area contributed by atoms with Crippen molar-refractivity contribution in [3.8, 4) is 0 Å². The van der Waals surface area contributed by atoms with Crippen LogP contribution in [0.5, 0.6) is 0 Å². The van der Waals surface area contributed by atoms with Crippen molar-refractivity contribution in [3.63, 3.8) is 0 Å². The topological polar surface area (TPSA) is 33.2 Å². The van der Waals surface area contributed by atoms with Crippen LogP contribution in [0.15, 0.2) is 18.3 Å². The number of pyridine rings is 1. The second-order valence-corrected chi connectivity index (χ2v) is 2.98. The molecule has 0 bridgehead atoms. The number of anilines is 1. The van der Waals surface area contributed by atoms with E-state index in [1.165, 1.54) is 0 Å². The number of amides is 1. The van der Waals surface area contributed by atoms with Crippen molar-refractivity contribution in [2.75, 3.05) is 4.42 Å². The highest BCUT2D eigenvalue weighted by molar-refractivity contribution is 6.37. The number of hydrogen-bond acceptors (Lipinski definition) is 2. The molecule has 2 heterocycles. The molecule has 0 spiro atoms. The minimum atomic E-state index is -0.0582. The lowest BCUT2D eigenvalue weighted by Crippen LogP contribution is -2.26. The van der Waals surface area contributed by atoms with Crippen LogP contribution in [0.25, 0.3) is 0 Å². The molecule has 1 aliphatic rings. The van der Waals surface area contributed by atoms with Crippen LogP contribution in [-0.2, 0) is 11.2 Å². The maximum absolute atomic E-state index is 11.1. The van der Waals surface area contributed by atoms with Gasteiger partial charge in [-0.3, -0.25) is 9.78 Å². The van der Waals surface area contributed by atoms with Crippen LogP contribution in [0.2, 0.25) is 0 Å². The Bertz CT molecular complexity index is 327. The second kappa shape index (κ2) is 2.75. The summed E-state index contributed by atoms with van der Waals surface area (Å²) in [5.74, 6) is -0.0582. The molecule has 1 aromatic rings. The molecule has 4 heteroatoms. The zero-order valence-electron chi connectivity index (χ0n) is 6.33. The van der Waals surface area contributed by atoms with Gasteiger partial charge in [0.1, 0.15) is 0 Å². The summed E-state index contributed by atoms with van der Waals surface area (Å²) in [4.78, 5) is 15.2. The first-order valence-corrected chi connectivity index (χ1v) is 4.05. The summed E-state index contributed by atoms with van der Waals surface area (Å²) >= 11 is 5.74. The largest absolute Gasteiger partial charge is 0.273 e. The molecule has 3 nitrogen and oxygen atoms in total. The van der Waals surface area contributed by atoms with Gasteiger partial charge in [0.25, 0.3) is 0 Å². The highest BCUT2D eigenvalue weighted by Crippen LogP contribution is 2.26. The summed E-state index contributed by atoms with van der Waals surface area (Å²) in [7, 11) is 0. The van der Waals surface area contributed by atoms with Crippen LogP contribution in [0, 0.1) is 0 Å². The first-order valence-electron chi connectivity index (χ1n) is 3.71. The summed E-state index contributed by atoms with van der Waals surface area (Å²) < 4.78 is 1.14. The molecule has 12 heavy (non-hydrogen) atoms. The van der Waals surface area contributed by atoms with E-state index in [0.717, 1.165) is 15.8 Å². The second-order valence-electron chi connectivity index (χ2n) is 2.64. The first-order chi connectivity index (χ1) is 5.79. The molecule has 0 fully saturated rings. The smallest absolute Gasteiger partial charge is 0.242 e. The monoisotopic (exact) mass is 182 g/mol. The number of carbonyl (C=O) groups is 1. The summed E-state index contributed by atoms with van der Waals surface area (Å²) in [5.41, 5.74) is 1.61. The third kappa shape index (κ3) is 1.06. The van der Waals surface area contributed by atoms with Crippen LogP contribution < -0.4 is 4.42 Å². The van der Waals surface area contributed by atoms with Crippen molar-refractivity contribution in [1.29, 1.82) is 0 Å². The average Bonchev–Trinajstić information content (AvgIpc) is 2.12. The lowest BCUT2D eigenvalue weighted by Gasteiger charge is -2.21. The fraction of sp³-hybridized carbons (Fsp3) is 0.250. The molecular weight excluding hydrogens is 176 g/mol. The first kappa shape index (κ1) is 7.55. The fourth-order valence-electron chi connectivity index (χ4n) is 1.26. The molecule has 0 saturated heterocycles. The summed E-state index contributed by atoms with van der Waals surface area (Å²) in [6.45, 7) is 0. The van der Waals surface area contributed by atoms with Crippen molar-refractivity contribution in [2.24, 2.45) is 0 Å². The molecule has 2 rings (SSSR count). The number of aryl methyl sites for hydroxylation is 1. The maximum Gasteiger partial charge on any atom is 0.242 e. The van der Waals surface area contributed by atoms with Crippen molar-refractivity contribution >= 4 is 23.4 Å². The van der Waals surface area contributed by atoms with Gasteiger partial charge in [0.05, 0.1) is 11.4 Å². The van der Waals surface area contributed by atoms with E-state index >= 15 is 0 Å². The molecule has 1 amide bonds. The van der Waals surface area contributed by atoms with E-state index in [2.05, 4.69) is 4.98 Å². The van der Waals surface area contributed by atoms with Crippen LogP contribution >= 0.6 is 11.8 Å². The maximum atomic E-state index is 11.1. The normalized spacial score (nSPS) is 16.1. The van der Waals surface area contributed by atoms with E-state index in [9.17, 15) is 4.79 Å².